The fourth-order valence-corrected chi connectivity index (χ4v) is 1.79. The van der Waals surface area contributed by atoms with Crippen LogP contribution in [-0.4, -0.2) is 21.9 Å². The Morgan fingerprint density at radius 1 is 1.29 bits per heavy atom. The number of nitrogens with two attached hydrogens (primary N) is 1. The number of nitrogens with zero attached hydrogens (tertiary/aromatic N) is 3. The molecule has 0 saturated carbocycles. The van der Waals surface area contributed by atoms with Crippen molar-refractivity contribution >= 4 is 40.7 Å². The van der Waals surface area contributed by atoms with E-state index in [9.17, 15) is 10.1 Å². The summed E-state index contributed by atoms with van der Waals surface area (Å²) in [6, 6.07) is 3.77. The quantitative estimate of drug-likeness (QED) is 0.653. The Kier molecular flexibility index (Phi) is 4.29. The van der Waals surface area contributed by atoms with Crippen molar-refractivity contribution in [3.63, 3.8) is 0 Å². The molecule has 0 atom stereocenters. The van der Waals surface area contributed by atoms with Gasteiger partial charge < -0.3 is 15.8 Å². The normalized spacial score (nSPS) is 10.2. The molecule has 0 aliphatic carbocycles. The van der Waals surface area contributed by atoms with Crippen molar-refractivity contribution in [3.8, 4) is 11.6 Å². The largest absolute Gasteiger partial charge is 0.431 e. The summed E-state index contributed by atoms with van der Waals surface area (Å²) < 4.78 is 5.37. The highest BCUT2D eigenvalue weighted by molar-refractivity contribution is 6.42. The summed E-state index contributed by atoms with van der Waals surface area (Å²) in [4.78, 5) is 18.1. The molecule has 0 saturated heterocycles. The Morgan fingerprint density at radius 3 is 2.57 bits per heavy atom. The maximum Gasteiger partial charge on any atom is 0.313 e. The monoisotopic (exact) mass is 329 g/mol. The molecule has 0 aliphatic rings. The van der Waals surface area contributed by atoms with Crippen LogP contribution in [0, 0.1) is 10.1 Å². The van der Waals surface area contributed by atoms with Crippen LogP contribution in [0.15, 0.2) is 18.2 Å². The number of nitrogens with one attached hydrogen (secondary N) is 1. The first kappa shape index (κ1) is 15.1. The van der Waals surface area contributed by atoms with E-state index in [1.807, 2.05) is 0 Å². The van der Waals surface area contributed by atoms with Crippen molar-refractivity contribution in [2.24, 2.45) is 0 Å². The van der Waals surface area contributed by atoms with E-state index in [-0.39, 0.29) is 33.3 Å². The average molecular weight is 330 g/mol. The van der Waals surface area contributed by atoms with Gasteiger partial charge in [-0.1, -0.05) is 23.2 Å². The number of nitro benzene ring substituents is 1. The number of anilines is 2. The number of aromatic nitrogens is 2. The molecule has 8 nitrogen and oxygen atoms in total. The zero-order chi connectivity index (χ0) is 15.6. The van der Waals surface area contributed by atoms with E-state index in [0.29, 0.717) is 5.82 Å². The van der Waals surface area contributed by atoms with Gasteiger partial charge in [0, 0.05) is 25.2 Å². The number of hydrogen-bond acceptors (Lipinski definition) is 7. The second-order valence-corrected chi connectivity index (χ2v) is 4.61. The Bertz CT molecular complexity index is 710. The molecule has 0 aliphatic heterocycles. The highest BCUT2D eigenvalue weighted by atomic mass is 35.5. The van der Waals surface area contributed by atoms with Crippen molar-refractivity contribution in [3.05, 3.63) is 38.4 Å². The lowest BCUT2D eigenvalue weighted by atomic mass is 10.3. The van der Waals surface area contributed by atoms with Crippen LogP contribution < -0.4 is 15.8 Å². The summed E-state index contributed by atoms with van der Waals surface area (Å²) in [6.07, 6.45) is 0. The number of benzene rings is 1. The molecule has 0 unspecified atom stereocenters. The molecule has 0 bridgehead atoms. The second kappa shape index (κ2) is 5.98. The zero-order valence-electron chi connectivity index (χ0n) is 10.6. The standard InChI is InChI=1S/C11H9Cl2N5O3/c1-15-9-4-10(17-11(14)16-9)21-8-3-6(13)5(12)2-7(8)18(19)20/h2-4H,1H3,(H3,14,15,16,17). The smallest absolute Gasteiger partial charge is 0.313 e. The highest BCUT2D eigenvalue weighted by Crippen LogP contribution is 2.37. The number of nitro groups is 1. The first-order valence-electron chi connectivity index (χ1n) is 5.54. The van der Waals surface area contributed by atoms with Gasteiger partial charge in [-0.05, 0) is 0 Å². The molecule has 0 amide bonds. The van der Waals surface area contributed by atoms with Crippen molar-refractivity contribution in [2.45, 2.75) is 0 Å². The second-order valence-electron chi connectivity index (χ2n) is 3.79. The SMILES string of the molecule is CNc1cc(Oc2cc(Cl)c(Cl)cc2[N+](=O)[O-])nc(N)n1. The van der Waals surface area contributed by atoms with Gasteiger partial charge in [-0.2, -0.15) is 9.97 Å². The average Bonchev–Trinajstić information content (AvgIpc) is 2.41. The van der Waals surface area contributed by atoms with E-state index in [4.69, 9.17) is 33.7 Å². The van der Waals surface area contributed by atoms with Crippen molar-refractivity contribution in [1.82, 2.24) is 9.97 Å². The zero-order valence-corrected chi connectivity index (χ0v) is 12.1. The Balaban J connectivity index is 2.46. The lowest BCUT2D eigenvalue weighted by Crippen LogP contribution is -2.02. The van der Waals surface area contributed by atoms with Gasteiger partial charge in [0.1, 0.15) is 5.82 Å². The fourth-order valence-electron chi connectivity index (χ4n) is 1.48. The summed E-state index contributed by atoms with van der Waals surface area (Å²) in [5.41, 5.74) is 5.18. The van der Waals surface area contributed by atoms with E-state index < -0.39 is 4.92 Å². The van der Waals surface area contributed by atoms with Crippen molar-refractivity contribution < 1.29 is 9.66 Å². The molecule has 2 aromatic rings. The molecular weight excluding hydrogens is 321 g/mol. The van der Waals surface area contributed by atoms with Crippen molar-refractivity contribution in [2.75, 3.05) is 18.1 Å². The van der Waals surface area contributed by atoms with E-state index in [1.165, 1.54) is 12.1 Å². The van der Waals surface area contributed by atoms with E-state index in [1.54, 1.807) is 7.05 Å². The number of nitrogen functional groups attached to an aromatic ring is 1. The van der Waals surface area contributed by atoms with Crippen LogP contribution in [-0.2, 0) is 0 Å². The Hall–Kier alpha value is -2.32. The Labute approximate surface area is 129 Å². The van der Waals surface area contributed by atoms with E-state index in [0.717, 1.165) is 6.07 Å². The number of rotatable bonds is 4. The molecule has 0 fully saturated rings. The predicted molar refractivity (Wildman–Crippen MR) is 79.2 cm³/mol. The molecule has 0 spiro atoms. The van der Waals surface area contributed by atoms with Gasteiger partial charge in [0.2, 0.25) is 17.6 Å². The lowest BCUT2D eigenvalue weighted by molar-refractivity contribution is -0.385. The number of halogens is 2. The number of hydrogen-bond donors (Lipinski definition) is 2. The van der Waals surface area contributed by atoms with Crippen LogP contribution in [0.5, 0.6) is 11.6 Å². The number of ether oxygens (including phenoxy) is 1. The molecule has 1 aromatic carbocycles. The first-order chi connectivity index (χ1) is 9.90. The van der Waals surface area contributed by atoms with Gasteiger partial charge in [-0.25, -0.2) is 0 Å². The molecular formula is C11H9Cl2N5O3. The Morgan fingerprint density at radius 2 is 1.95 bits per heavy atom. The van der Waals surface area contributed by atoms with E-state index in [2.05, 4.69) is 15.3 Å². The molecule has 1 aromatic heterocycles. The molecule has 3 N–H and O–H groups in total. The van der Waals surface area contributed by atoms with Crippen LogP contribution in [0.2, 0.25) is 10.0 Å². The summed E-state index contributed by atoms with van der Waals surface area (Å²) in [7, 11) is 1.63. The van der Waals surface area contributed by atoms with Crippen molar-refractivity contribution in [1.29, 1.82) is 0 Å². The fraction of sp³-hybridized carbons (Fsp3) is 0.0909. The topological polar surface area (TPSA) is 116 Å². The van der Waals surface area contributed by atoms with Gasteiger partial charge in [0.25, 0.3) is 0 Å². The van der Waals surface area contributed by atoms with Gasteiger partial charge in [0.15, 0.2) is 0 Å². The minimum absolute atomic E-state index is 0.0355. The summed E-state index contributed by atoms with van der Waals surface area (Å²) in [5, 5.41) is 13.9. The minimum atomic E-state index is -0.638. The van der Waals surface area contributed by atoms with Crippen LogP contribution in [0.25, 0.3) is 0 Å². The van der Waals surface area contributed by atoms with Crippen LogP contribution >= 0.6 is 23.2 Å². The third-order valence-electron chi connectivity index (χ3n) is 2.39. The lowest BCUT2D eigenvalue weighted by Gasteiger charge is -2.08. The molecule has 21 heavy (non-hydrogen) atoms. The van der Waals surface area contributed by atoms with E-state index >= 15 is 0 Å². The van der Waals surface area contributed by atoms with Gasteiger partial charge in [0.05, 0.1) is 15.0 Å². The predicted octanol–water partition coefficient (Wildman–Crippen LogP) is 3.11. The summed E-state index contributed by atoms with van der Waals surface area (Å²) in [6.45, 7) is 0. The molecule has 2 rings (SSSR count). The van der Waals surface area contributed by atoms with Gasteiger partial charge in [-0.15, -0.1) is 0 Å². The minimum Gasteiger partial charge on any atom is -0.431 e. The molecule has 110 valence electrons. The van der Waals surface area contributed by atoms with Gasteiger partial charge in [-0.3, -0.25) is 10.1 Å². The van der Waals surface area contributed by atoms with Crippen LogP contribution in [0.4, 0.5) is 17.5 Å². The molecule has 10 heteroatoms. The molecule has 0 radical (unpaired) electrons. The van der Waals surface area contributed by atoms with Gasteiger partial charge >= 0.3 is 5.69 Å². The highest BCUT2D eigenvalue weighted by Gasteiger charge is 2.20. The maximum atomic E-state index is 11.0. The molecule has 1 heterocycles. The first-order valence-corrected chi connectivity index (χ1v) is 6.30. The van der Waals surface area contributed by atoms with Crippen LogP contribution in [0.1, 0.15) is 0 Å². The third-order valence-corrected chi connectivity index (χ3v) is 3.11. The summed E-state index contributed by atoms with van der Waals surface area (Å²) >= 11 is 11.6. The van der Waals surface area contributed by atoms with Crippen LogP contribution in [0.3, 0.4) is 0 Å². The third kappa shape index (κ3) is 3.41. The summed E-state index contributed by atoms with van der Waals surface area (Å²) in [5.74, 6) is 0.294. The maximum absolute atomic E-state index is 11.0.